The molecule has 0 radical (unpaired) electrons. The van der Waals surface area contributed by atoms with Crippen molar-refractivity contribution in [1.29, 1.82) is 0 Å². The van der Waals surface area contributed by atoms with Gasteiger partial charge in [-0.2, -0.15) is 5.10 Å². The molecule has 28 heavy (non-hydrogen) atoms. The van der Waals surface area contributed by atoms with Crippen LogP contribution in [0.4, 0.5) is 0 Å². The zero-order valence-corrected chi connectivity index (χ0v) is 16.0. The third kappa shape index (κ3) is 3.49. The number of halogens is 1. The lowest BCUT2D eigenvalue weighted by atomic mass is 9.97. The molecule has 2 heterocycles. The maximum absolute atomic E-state index is 13.1. The Bertz CT molecular complexity index is 1050. The van der Waals surface area contributed by atoms with Gasteiger partial charge >= 0.3 is 0 Å². The van der Waals surface area contributed by atoms with E-state index in [4.69, 9.17) is 11.6 Å². The van der Waals surface area contributed by atoms with Crippen molar-refractivity contribution >= 4 is 23.2 Å². The fourth-order valence-electron chi connectivity index (χ4n) is 3.28. The molecule has 1 aliphatic rings. The Morgan fingerprint density at radius 3 is 2.50 bits per heavy atom. The van der Waals surface area contributed by atoms with E-state index in [1.54, 1.807) is 30.6 Å². The fraction of sp³-hybridized carbons (Fsp3) is 0.136. The van der Waals surface area contributed by atoms with E-state index in [0.29, 0.717) is 17.0 Å². The van der Waals surface area contributed by atoms with Crippen molar-refractivity contribution in [3.63, 3.8) is 0 Å². The summed E-state index contributed by atoms with van der Waals surface area (Å²) in [6.45, 7) is 1.84. The first-order valence-corrected chi connectivity index (χ1v) is 9.27. The molecule has 1 atom stereocenters. The van der Waals surface area contributed by atoms with Crippen LogP contribution in [0.2, 0.25) is 5.02 Å². The van der Waals surface area contributed by atoms with Gasteiger partial charge in [-0.3, -0.25) is 9.78 Å². The van der Waals surface area contributed by atoms with Crippen LogP contribution in [0, 0.1) is 6.92 Å². The highest BCUT2D eigenvalue weighted by Gasteiger charge is 2.33. The van der Waals surface area contributed by atoms with E-state index in [1.165, 1.54) is 5.01 Å². The molecule has 0 bridgehead atoms. The summed E-state index contributed by atoms with van der Waals surface area (Å²) in [5.74, 6) is 0.0502. The molecular formula is C22H18ClN3O2. The smallest absolute Gasteiger partial charge is 0.274 e. The van der Waals surface area contributed by atoms with Crippen LogP contribution in [0.3, 0.4) is 0 Å². The second kappa shape index (κ2) is 7.44. The van der Waals surface area contributed by atoms with Gasteiger partial charge in [-0.05, 0) is 66.1 Å². The number of carbonyl (C=O) groups is 1. The van der Waals surface area contributed by atoms with Gasteiger partial charge in [0.25, 0.3) is 5.91 Å². The van der Waals surface area contributed by atoms with Gasteiger partial charge in [0, 0.05) is 29.4 Å². The minimum atomic E-state index is -0.234. The van der Waals surface area contributed by atoms with E-state index in [0.717, 1.165) is 22.4 Å². The number of phenols is 1. The summed E-state index contributed by atoms with van der Waals surface area (Å²) in [6, 6.07) is 15.9. The highest BCUT2D eigenvalue weighted by molar-refractivity contribution is 6.30. The zero-order valence-electron chi connectivity index (χ0n) is 15.2. The number of aromatic nitrogens is 1. The molecule has 2 aromatic carbocycles. The van der Waals surface area contributed by atoms with E-state index in [9.17, 15) is 9.90 Å². The molecule has 4 rings (SSSR count). The second-order valence-corrected chi connectivity index (χ2v) is 7.14. The minimum absolute atomic E-state index is 0.187. The van der Waals surface area contributed by atoms with Gasteiger partial charge in [-0.25, -0.2) is 5.01 Å². The standard InChI is InChI=1S/C22H18ClN3O2/c1-14-12-17(4-7-21(14)27)19-13-20(15-2-5-18(23)6-3-15)26(25-19)22(28)16-8-10-24-11-9-16/h2-12,20,27H,13H2,1H3. The lowest BCUT2D eigenvalue weighted by molar-refractivity contribution is 0.0711. The van der Waals surface area contributed by atoms with Crippen LogP contribution in [0.25, 0.3) is 0 Å². The summed E-state index contributed by atoms with van der Waals surface area (Å²) in [4.78, 5) is 17.1. The number of hydrazone groups is 1. The van der Waals surface area contributed by atoms with E-state index >= 15 is 0 Å². The van der Waals surface area contributed by atoms with Gasteiger partial charge in [0.05, 0.1) is 11.8 Å². The predicted molar refractivity (Wildman–Crippen MR) is 109 cm³/mol. The lowest BCUT2D eigenvalue weighted by Gasteiger charge is -2.22. The van der Waals surface area contributed by atoms with Crippen molar-refractivity contribution in [2.75, 3.05) is 0 Å². The first-order chi connectivity index (χ1) is 13.5. The van der Waals surface area contributed by atoms with Gasteiger partial charge in [0.2, 0.25) is 0 Å². The molecular weight excluding hydrogens is 374 g/mol. The van der Waals surface area contributed by atoms with Gasteiger partial charge < -0.3 is 5.11 Å². The predicted octanol–water partition coefficient (Wildman–Crippen LogP) is 4.74. The molecule has 0 saturated heterocycles. The highest BCUT2D eigenvalue weighted by atomic mass is 35.5. The van der Waals surface area contributed by atoms with Crippen molar-refractivity contribution in [3.8, 4) is 5.75 Å². The topological polar surface area (TPSA) is 65.8 Å². The summed E-state index contributed by atoms with van der Waals surface area (Å²) in [6.07, 6.45) is 3.76. The van der Waals surface area contributed by atoms with Crippen LogP contribution in [0.1, 0.15) is 39.5 Å². The van der Waals surface area contributed by atoms with E-state index in [1.807, 2.05) is 43.3 Å². The third-order valence-electron chi connectivity index (χ3n) is 4.83. The van der Waals surface area contributed by atoms with Gasteiger partial charge in [0.15, 0.2) is 0 Å². The van der Waals surface area contributed by atoms with Crippen LogP contribution in [-0.2, 0) is 0 Å². The third-order valence-corrected chi connectivity index (χ3v) is 5.08. The number of carbonyl (C=O) groups excluding carboxylic acids is 1. The quantitative estimate of drug-likeness (QED) is 0.701. The molecule has 1 aromatic heterocycles. The van der Waals surface area contributed by atoms with Crippen LogP contribution < -0.4 is 0 Å². The van der Waals surface area contributed by atoms with Crippen molar-refractivity contribution in [1.82, 2.24) is 9.99 Å². The summed E-state index contributed by atoms with van der Waals surface area (Å²) in [5, 5.41) is 16.6. The van der Waals surface area contributed by atoms with Gasteiger partial charge in [0.1, 0.15) is 5.75 Å². The van der Waals surface area contributed by atoms with E-state index < -0.39 is 0 Å². The van der Waals surface area contributed by atoms with Crippen molar-refractivity contribution in [3.05, 3.63) is 94.3 Å². The molecule has 0 saturated carbocycles. The molecule has 140 valence electrons. The summed E-state index contributed by atoms with van der Waals surface area (Å²) >= 11 is 6.03. The monoisotopic (exact) mass is 391 g/mol. The van der Waals surface area contributed by atoms with Crippen LogP contribution in [0.5, 0.6) is 5.75 Å². The lowest BCUT2D eigenvalue weighted by Crippen LogP contribution is -2.27. The highest BCUT2D eigenvalue weighted by Crippen LogP contribution is 2.35. The van der Waals surface area contributed by atoms with Crippen molar-refractivity contribution < 1.29 is 9.90 Å². The number of rotatable bonds is 3. The molecule has 1 amide bonds. The Balaban J connectivity index is 1.74. The Hall–Kier alpha value is -3.18. The van der Waals surface area contributed by atoms with E-state index in [-0.39, 0.29) is 17.7 Å². The molecule has 6 heteroatoms. The molecule has 1 aliphatic heterocycles. The average Bonchev–Trinajstić information content (AvgIpc) is 3.16. The maximum atomic E-state index is 13.1. The maximum Gasteiger partial charge on any atom is 0.274 e. The first kappa shape index (κ1) is 18.2. The normalized spacial score (nSPS) is 16.1. The SMILES string of the molecule is Cc1cc(C2=NN(C(=O)c3ccncc3)C(c3ccc(Cl)cc3)C2)ccc1O. The molecule has 1 N–H and O–H groups in total. The van der Waals surface area contributed by atoms with Gasteiger partial charge in [-0.1, -0.05) is 23.7 Å². The number of phenolic OH excluding ortho intramolecular Hbond substituents is 1. The number of aromatic hydroxyl groups is 1. The van der Waals surface area contributed by atoms with Crippen LogP contribution in [0.15, 0.2) is 72.1 Å². The van der Waals surface area contributed by atoms with Crippen molar-refractivity contribution in [2.45, 2.75) is 19.4 Å². The summed E-state index contributed by atoms with van der Waals surface area (Å²) in [5.41, 5.74) is 3.94. The largest absolute Gasteiger partial charge is 0.508 e. The molecule has 3 aromatic rings. The number of pyridine rings is 1. The summed E-state index contributed by atoms with van der Waals surface area (Å²) in [7, 11) is 0. The number of benzene rings is 2. The Morgan fingerprint density at radius 1 is 1.11 bits per heavy atom. The molecule has 5 nitrogen and oxygen atoms in total. The van der Waals surface area contributed by atoms with Crippen LogP contribution >= 0.6 is 11.6 Å². The Labute approximate surface area is 167 Å². The Morgan fingerprint density at radius 2 is 1.82 bits per heavy atom. The fourth-order valence-corrected chi connectivity index (χ4v) is 3.40. The van der Waals surface area contributed by atoms with Gasteiger partial charge in [-0.15, -0.1) is 0 Å². The molecule has 0 aliphatic carbocycles. The second-order valence-electron chi connectivity index (χ2n) is 6.71. The zero-order chi connectivity index (χ0) is 19.7. The summed E-state index contributed by atoms with van der Waals surface area (Å²) < 4.78 is 0. The van der Waals surface area contributed by atoms with E-state index in [2.05, 4.69) is 10.1 Å². The Kier molecular flexibility index (Phi) is 4.84. The van der Waals surface area contributed by atoms with Crippen LogP contribution in [-0.4, -0.2) is 26.7 Å². The number of hydrogen-bond acceptors (Lipinski definition) is 4. The number of amides is 1. The average molecular weight is 392 g/mol. The molecule has 0 fully saturated rings. The number of nitrogens with zero attached hydrogens (tertiary/aromatic N) is 3. The number of aryl methyl sites for hydroxylation is 1. The number of hydrogen-bond donors (Lipinski definition) is 1. The minimum Gasteiger partial charge on any atom is -0.508 e. The van der Waals surface area contributed by atoms with Crippen molar-refractivity contribution in [2.24, 2.45) is 5.10 Å². The molecule has 0 spiro atoms. The first-order valence-electron chi connectivity index (χ1n) is 8.89. The molecule has 1 unspecified atom stereocenters.